The highest BCUT2D eigenvalue weighted by molar-refractivity contribution is 9.10. The first-order valence-corrected chi connectivity index (χ1v) is 11.7. The number of carbonyl (C=O) groups excluding carboxylic acids is 1. The summed E-state index contributed by atoms with van der Waals surface area (Å²) < 4.78 is 7.90. The van der Waals surface area contributed by atoms with Crippen LogP contribution in [0.2, 0.25) is 0 Å². The van der Waals surface area contributed by atoms with E-state index in [-0.39, 0.29) is 11.0 Å². The summed E-state index contributed by atoms with van der Waals surface area (Å²) in [7, 11) is 0. The van der Waals surface area contributed by atoms with E-state index in [1.807, 2.05) is 39.0 Å². The second kappa shape index (κ2) is 9.31. The fourth-order valence-electron chi connectivity index (χ4n) is 2.96. The van der Waals surface area contributed by atoms with Crippen molar-refractivity contribution in [3.05, 3.63) is 57.8 Å². The number of nitrogens with one attached hydrogen (secondary N) is 2. The highest BCUT2D eigenvalue weighted by Gasteiger charge is 2.14. The second-order valence-corrected chi connectivity index (χ2v) is 9.08. The number of anilines is 1. The average molecular weight is 531 g/mol. The molecular weight excluding hydrogens is 512 g/mol. The van der Waals surface area contributed by atoms with E-state index >= 15 is 0 Å². The molecular formula is C21H19BrN6O2S2. The third-order valence-electron chi connectivity index (χ3n) is 4.60. The molecule has 0 atom stereocenters. The Morgan fingerprint density at radius 3 is 2.75 bits per heavy atom. The van der Waals surface area contributed by atoms with Gasteiger partial charge in [0.2, 0.25) is 4.96 Å². The van der Waals surface area contributed by atoms with Crippen molar-refractivity contribution in [2.75, 3.05) is 11.9 Å². The Balaban J connectivity index is 1.48. The normalized spacial score (nSPS) is 10.9. The number of thiocarbonyl (C=S) groups is 1. The largest absolute Gasteiger partial charge is 0.493 e. The van der Waals surface area contributed by atoms with Crippen LogP contribution in [0.15, 0.2) is 40.9 Å². The van der Waals surface area contributed by atoms with E-state index in [1.54, 1.807) is 22.7 Å². The van der Waals surface area contributed by atoms with Crippen LogP contribution in [0, 0.1) is 13.8 Å². The number of amides is 1. The van der Waals surface area contributed by atoms with Gasteiger partial charge in [-0.05, 0) is 78.7 Å². The first-order valence-electron chi connectivity index (χ1n) is 9.70. The van der Waals surface area contributed by atoms with Gasteiger partial charge in [-0.3, -0.25) is 10.1 Å². The summed E-state index contributed by atoms with van der Waals surface area (Å²) in [5.41, 5.74) is 3.14. The lowest BCUT2D eigenvalue weighted by molar-refractivity contribution is 0.0977. The third kappa shape index (κ3) is 4.64. The molecule has 2 aromatic carbocycles. The molecule has 0 spiro atoms. The maximum absolute atomic E-state index is 12.6. The molecule has 4 aromatic rings. The van der Waals surface area contributed by atoms with E-state index < -0.39 is 0 Å². The third-order valence-corrected chi connectivity index (χ3v) is 6.37. The molecule has 0 aliphatic carbocycles. The number of ether oxygens (including phenoxy) is 1. The smallest absolute Gasteiger partial charge is 0.257 e. The van der Waals surface area contributed by atoms with Crippen molar-refractivity contribution in [1.82, 2.24) is 25.1 Å². The summed E-state index contributed by atoms with van der Waals surface area (Å²) in [6.45, 7) is 6.26. The van der Waals surface area contributed by atoms with Gasteiger partial charge in [-0.2, -0.15) is 9.61 Å². The van der Waals surface area contributed by atoms with Gasteiger partial charge in [0.05, 0.1) is 11.1 Å². The molecule has 0 aliphatic heterocycles. The van der Waals surface area contributed by atoms with E-state index in [2.05, 4.69) is 41.9 Å². The monoisotopic (exact) mass is 530 g/mol. The molecule has 32 heavy (non-hydrogen) atoms. The van der Waals surface area contributed by atoms with Crippen LogP contribution in [-0.4, -0.2) is 37.4 Å². The number of benzene rings is 2. The molecule has 0 saturated heterocycles. The Kier molecular flexibility index (Phi) is 6.49. The molecule has 0 saturated carbocycles. The van der Waals surface area contributed by atoms with Crippen molar-refractivity contribution in [3.63, 3.8) is 0 Å². The van der Waals surface area contributed by atoms with Crippen LogP contribution >= 0.6 is 39.5 Å². The maximum atomic E-state index is 12.6. The number of nitrogens with zero attached hydrogens (tertiary/aromatic N) is 4. The molecule has 2 heterocycles. The summed E-state index contributed by atoms with van der Waals surface area (Å²) in [5.74, 6) is 1.10. The fraction of sp³-hybridized carbons (Fsp3) is 0.190. The van der Waals surface area contributed by atoms with Gasteiger partial charge in [0.15, 0.2) is 10.9 Å². The molecule has 2 N–H and O–H groups in total. The summed E-state index contributed by atoms with van der Waals surface area (Å²) in [6.07, 6.45) is 0. The van der Waals surface area contributed by atoms with E-state index in [9.17, 15) is 4.79 Å². The molecule has 11 heteroatoms. The minimum Gasteiger partial charge on any atom is -0.493 e. The molecule has 0 bridgehead atoms. The molecule has 1 amide bonds. The number of hydrogen-bond acceptors (Lipinski definition) is 7. The molecule has 2 aromatic heterocycles. The van der Waals surface area contributed by atoms with Gasteiger partial charge < -0.3 is 10.1 Å². The fourth-order valence-corrected chi connectivity index (χ4v) is 4.54. The number of rotatable bonds is 5. The van der Waals surface area contributed by atoms with E-state index in [0.29, 0.717) is 22.4 Å². The van der Waals surface area contributed by atoms with Gasteiger partial charge in [0.25, 0.3) is 5.91 Å². The second-order valence-electron chi connectivity index (χ2n) is 6.86. The number of carbonyl (C=O) groups is 1. The molecule has 164 valence electrons. The number of fused-ring (bicyclic) bond motifs is 1. The SMILES string of the molecule is CCOc1ccc(C(=O)NC(=S)Nc2cc(-c3nn4c(C)nnc4s3)ccc2C)cc1Br. The lowest BCUT2D eigenvalue weighted by atomic mass is 10.1. The quantitative estimate of drug-likeness (QED) is 0.359. The predicted octanol–water partition coefficient (Wildman–Crippen LogP) is 4.76. The molecule has 0 fully saturated rings. The van der Waals surface area contributed by atoms with Crippen molar-refractivity contribution >= 4 is 61.2 Å². The van der Waals surface area contributed by atoms with Gasteiger partial charge in [-0.25, -0.2) is 0 Å². The summed E-state index contributed by atoms with van der Waals surface area (Å²) >= 11 is 10.2. The lowest BCUT2D eigenvalue weighted by Gasteiger charge is -2.13. The minimum absolute atomic E-state index is 0.203. The van der Waals surface area contributed by atoms with E-state index in [0.717, 1.165) is 32.6 Å². The van der Waals surface area contributed by atoms with Crippen molar-refractivity contribution in [1.29, 1.82) is 0 Å². The summed E-state index contributed by atoms with van der Waals surface area (Å²) in [4.78, 5) is 13.4. The van der Waals surface area contributed by atoms with Crippen LogP contribution in [0.25, 0.3) is 15.5 Å². The highest BCUT2D eigenvalue weighted by atomic mass is 79.9. The van der Waals surface area contributed by atoms with Crippen LogP contribution < -0.4 is 15.4 Å². The van der Waals surface area contributed by atoms with Crippen molar-refractivity contribution < 1.29 is 9.53 Å². The Morgan fingerprint density at radius 2 is 2.03 bits per heavy atom. The van der Waals surface area contributed by atoms with Gasteiger partial charge in [-0.1, -0.05) is 23.5 Å². The Bertz CT molecular complexity index is 1330. The summed E-state index contributed by atoms with van der Waals surface area (Å²) in [5, 5.41) is 19.5. The van der Waals surface area contributed by atoms with E-state index in [1.165, 1.54) is 11.3 Å². The zero-order valence-electron chi connectivity index (χ0n) is 17.5. The van der Waals surface area contributed by atoms with Crippen molar-refractivity contribution in [2.45, 2.75) is 20.8 Å². The van der Waals surface area contributed by atoms with Gasteiger partial charge >= 0.3 is 0 Å². The van der Waals surface area contributed by atoms with E-state index in [4.69, 9.17) is 17.0 Å². The van der Waals surface area contributed by atoms with Crippen LogP contribution in [0.1, 0.15) is 28.7 Å². The number of aromatic nitrogens is 4. The van der Waals surface area contributed by atoms with Crippen LogP contribution in [0.4, 0.5) is 5.69 Å². The standard InChI is InChI=1S/C21H19BrN6O2S2/c1-4-30-17-8-7-13(9-15(17)22)18(29)24-20(31)23-16-10-14(6-5-11(16)2)19-27-28-12(3)25-26-21(28)32-19/h5-10H,4H2,1-3H3,(H2,23,24,29,31). The molecule has 8 nitrogen and oxygen atoms in total. The molecule has 0 radical (unpaired) electrons. The maximum Gasteiger partial charge on any atom is 0.257 e. The number of hydrogen-bond donors (Lipinski definition) is 2. The van der Waals surface area contributed by atoms with Gasteiger partial charge in [0.1, 0.15) is 10.8 Å². The Morgan fingerprint density at radius 1 is 1.22 bits per heavy atom. The topological polar surface area (TPSA) is 93.4 Å². The van der Waals surface area contributed by atoms with Crippen molar-refractivity contribution in [3.8, 4) is 16.3 Å². The lowest BCUT2D eigenvalue weighted by Crippen LogP contribution is -2.34. The predicted molar refractivity (Wildman–Crippen MR) is 133 cm³/mol. The number of aryl methyl sites for hydroxylation is 2. The zero-order chi connectivity index (χ0) is 22.8. The Hall–Kier alpha value is -2.89. The van der Waals surface area contributed by atoms with Crippen LogP contribution in [0.5, 0.6) is 5.75 Å². The van der Waals surface area contributed by atoms with Crippen LogP contribution in [0.3, 0.4) is 0 Å². The van der Waals surface area contributed by atoms with Crippen molar-refractivity contribution in [2.24, 2.45) is 0 Å². The minimum atomic E-state index is -0.316. The zero-order valence-corrected chi connectivity index (χ0v) is 20.7. The molecule has 4 rings (SSSR count). The molecule has 0 aliphatic rings. The first kappa shape index (κ1) is 22.3. The average Bonchev–Trinajstić information content (AvgIpc) is 3.33. The Labute approximate surface area is 202 Å². The highest BCUT2D eigenvalue weighted by Crippen LogP contribution is 2.29. The van der Waals surface area contributed by atoms with Gasteiger partial charge in [0, 0.05) is 16.8 Å². The first-order chi connectivity index (χ1) is 15.4. The number of halogens is 1. The summed E-state index contributed by atoms with van der Waals surface area (Å²) in [6, 6.07) is 11.0. The van der Waals surface area contributed by atoms with Gasteiger partial charge in [-0.15, -0.1) is 10.2 Å². The molecule has 0 unspecified atom stereocenters. The van der Waals surface area contributed by atoms with Crippen LogP contribution in [-0.2, 0) is 0 Å².